The van der Waals surface area contributed by atoms with E-state index in [-0.39, 0.29) is 17.9 Å². The number of hydrogen-bond donors (Lipinski definition) is 1. The van der Waals surface area contributed by atoms with Crippen molar-refractivity contribution in [2.45, 2.75) is 13.0 Å². The molecule has 0 aromatic heterocycles. The van der Waals surface area contributed by atoms with E-state index in [2.05, 4.69) is 5.32 Å². The highest BCUT2D eigenvalue weighted by molar-refractivity contribution is 5.98. The molecule has 0 bridgehead atoms. The third kappa shape index (κ3) is 3.17. The standard InChI is InChI=1S/C18H18N2O2/c21-17-16(11-14-7-3-1-4-8-14)12-19-18(22)20(17)13-15-9-5-2-6-10-15/h1-10,16H,11-13H2,(H,19,22). The van der Waals surface area contributed by atoms with Crippen molar-refractivity contribution in [2.24, 2.45) is 5.92 Å². The Kier molecular flexibility index (Phi) is 4.19. The molecular weight excluding hydrogens is 276 g/mol. The number of carbonyl (C=O) groups is 2. The van der Waals surface area contributed by atoms with Crippen LogP contribution in [0.15, 0.2) is 60.7 Å². The van der Waals surface area contributed by atoms with Crippen LogP contribution in [0, 0.1) is 5.92 Å². The number of amides is 3. The molecule has 1 aliphatic heterocycles. The molecule has 1 atom stereocenters. The summed E-state index contributed by atoms with van der Waals surface area (Å²) in [6, 6.07) is 19.1. The lowest BCUT2D eigenvalue weighted by Crippen LogP contribution is -2.54. The van der Waals surface area contributed by atoms with Gasteiger partial charge >= 0.3 is 6.03 Å². The molecule has 0 aliphatic carbocycles. The minimum atomic E-state index is -0.307. The Morgan fingerprint density at radius 1 is 0.909 bits per heavy atom. The SMILES string of the molecule is O=C1NCC(Cc2ccccc2)C(=O)N1Cc1ccccc1. The van der Waals surface area contributed by atoms with Crippen LogP contribution in [0.3, 0.4) is 0 Å². The number of hydrogen-bond acceptors (Lipinski definition) is 2. The van der Waals surface area contributed by atoms with Crippen molar-refractivity contribution in [3.63, 3.8) is 0 Å². The molecule has 1 saturated heterocycles. The number of carbonyl (C=O) groups excluding carboxylic acids is 2. The molecule has 1 N–H and O–H groups in total. The van der Waals surface area contributed by atoms with Gasteiger partial charge in [-0.2, -0.15) is 0 Å². The lowest BCUT2D eigenvalue weighted by atomic mass is 9.96. The van der Waals surface area contributed by atoms with E-state index in [4.69, 9.17) is 0 Å². The van der Waals surface area contributed by atoms with Gasteiger partial charge in [-0.05, 0) is 17.5 Å². The number of rotatable bonds is 4. The van der Waals surface area contributed by atoms with Gasteiger partial charge in [-0.15, -0.1) is 0 Å². The molecule has 2 aromatic rings. The van der Waals surface area contributed by atoms with E-state index >= 15 is 0 Å². The van der Waals surface area contributed by atoms with Gasteiger partial charge in [0.25, 0.3) is 0 Å². The second-order valence-corrected chi connectivity index (χ2v) is 5.48. The van der Waals surface area contributed by atoms with Gasteiger partial charge in [-0.1, -0.05) is 60.7 Å². The zero-order valence-corrected chi connectivity index (χ0v) is 12.2. The van der Waals surface area contributed by atoms with Crippen LogP contribution in [-0.2, 0) is 17.8 Å². The lowest BCUT2D eigenvalue weighted by Gasteiger charge is -2.31. The summed E-state index contributed by atoms with van der Waals surface area (Å²) in [4.78, 5) is 25.9. The van der Waals surface area contributed by atoms with E-state index in [1.54, 1.807) is 0 Å². The fraction of sp³-hybridized carbons (Fsp3) is 0.222. The molecule has 22 heavy (non-hydrogen) atoms. The summed E-state index contributed by atoms with van der Waals surface area (Å²) in [7, 11) is 0. The van der Waals surface area contributed by atoms with E-state index in [9.17, 15) is 9.59 Å². The minimum Gasteiger partial charge on any atom is -0.337 e. The van der Waals surface area contributed by atoms with Crippen LogP contribution in [-0.4, -0.2) is 23.4 Å². The van der Waals surface area contributed by atoms with E-state index in [1.807, 2.05) is 60.7 Å². The molecule has 1 fully saturated rings. The van der Waals surface area contributed by atoms with Crippen molar-refractivity contribution in [3.05, 3.63) is 71.8 Å². The minimum absolute atomic E-state index is 0.101. The van der Waals surface area contributed by atoms with E-state index in [1.165, 1.54) is 4.90 Å². The number of benzene rings is 2. The fourth-order valence-corrected chi connectivity index (χ4v) is 2.69. The quantitative estimate of drug-likeness (QED) is 0.942. The van der Waals surface area contributed by atoms with Crippen LogP contribution >= 0.6 is 0 Å². The molecule has 1 aliphatic rings. The third-order valence-corrected chi connectivity index (χ3v) is 3.87. The smallest absolute Gasteiger partial charge is 0.324 e. The lowest BCUT2D eigenvalue weighted by molar-refractivity contribution is -0.134. The van der Waals surface area contributed by atoms with Crippen LogP contribution in [0.1, 0.15) is 11.1 Å². The number of urea groups is 1. The molecule has 0 spiro atoms. The van der Waals surface area contributed by atoms with Crippen molar-refractivity contribution in [1.82, 2.24) is 10.2 Å². The Hall–Kier alpha value is -2.62. The fourth-order valence-electron chi connectivity index (χ4n) is 2.69. The zero-order chi connectivity index (χ0) is 15.4. The summed E-state index contributed by atoms with van der Waals surface area (Å²) in [6.07, 6.45) is 0.644. The van der Waals surface area contributed by atoms with E-state index < -0.39 is 0 Å². The Bertz CT molecular complexity index is 655. The Balaban J connectivity index is 1.73. The average molecular weight is 294 g/mol. The molecule has 4 heteroatoms. The normalized spacial score (nSPS) is 18.2. The van der Waals surface area contributed by atoms with Gasteiger partial charge in [0.05, 0.1) is 12.5 Å². The molecule has 112 valence electrons. The largest absolute Gasteiger partial charge is 0.337 e. The number of nitrogens with one attached hydrogen (secondary N) is 1. The maximum absolute atomic E-state index is 12.6. The second kappa shape index (κ2) is 6.43. The maximum Gasteiger partial charge on any atom is 0.324 e. The molecule has 1 unspecified atom stereocenters. The van der Waals surface area contributed by atoms with E-state index in [0.29, 0.717) is 19.5 Å². The van der Waals surface area contributed by atoms with Crippen molar-refractivity contribution < 1.29 is 9.59 Å². The third-order valence-electron chi connectivity index (χ3n) is 3.87. The molecule has 4 nitrogen and oxygen atoms in total. The average Bonchev–Trinajstić information content (AvgIpc) is 2.56. The number of nitrogens with zero attached hydrogens (tertiary/aromatic N) is 1. The summed E-state index contributed by atoms with van der Waals surface area (Å²) in [5.74, 6) is -0.305. The predicted molar refractivity (Wildman–Crippen MR) is 84.0 cm³/mol. The predicted octanol–water partition coefficient (Wildman–Crippen LogP) is 2.60. The van der Waals surface area contributed by atoms with Crippen molar-refractivity contribution in [3.8, 4) is 0 Å². The first-order valence-electron chi connectivity index (χ1n) is 7.41. The zero-order valence-electron chi connectivity index (χ0n) is 12.2. The van der Waals surface area contributed by atoms with Gasteiger partial charge in [0.15, 0.2) is 0 Å². The summed E-state index contributed by atoms with van der Waals surface area (Å²) in [5, 5.41) is 2.82. The molecule has 0 saturated carbocycles. The monoisotopic (exact) mass is 294 g/mol. The topological polar surface area (TPSA) is 49.4 Å². The van der Waals surface area contributed by atoms with Gasteiger partial charge in [-0.3, -0.25) is 9.69 Å². The van der Waals surface area contributed by atoms with Gasteiger partial charge in [0.2, 0.25) is 5.91 Å². The van der Waals surface area contributed by atoms with Gasteiger partial charge in [0, 0.05) is 6.54 Å². The van der Waals surface area contributed by atoms with Crippen LogP contribution in [0.4, 0.5) is 4.79 Å². The molecule has 2 aromatic carbocycles. The highest BCUT2D eigenvalue weighted by atomic mass is 16.2. The molecular formula is C18H18N2O2. The van der Waals surface area contributed by atoms with E-state index in [0.717, 1.165) is 11.1 Å². The first-order chi connectivity index (χ1) is 10.7. The first-order valence-corrected chi connectivity index (χ1v) is 7.41. The van der Waals surface area contributed by atoms with Gasteiger partial charge in [0.1, 0.15) is 0 Å². The van der Waals surface area contributed by atoms with Crippen molar-refractivity contribution >= 4 is 11.9 Å². The Morgan fingerprint density at radius 2 is 1.50 bits per heavy atom. The number of imide groups is 1. The van der Waals surface area contributed by atoms with Gasteiger partial charge in [-0.25, -0.2) is 4.79 Å². The molecule has 0 radical (unpaired) electrons. The molecule has 3 rings (SSSR count). The summed E-state index contributed by atoms with van der Waals surface area (Å²) in [6.45, 7) is 0.717. The summed E-state index contributed by atoms with van der Waals surface area (Å²) >= 11 is 0. The summed E-state index contributed by atoms with van der Waals surface area (Å²) in [5.41, 5.74) is 2.06. The molecule has 1 heterocycles. The van der Waals surface area contributed by atoms with Crippen LogP contribution < -0.4 is 5.32 Å². The first kappa shape index (κ1) is 14.3. The maximum atomic E-state index is 12.6. The second-order valence-electron chi connectivity index (χ2n) is 5.48. The Labute approximate surface area is 129 Å². The van der Waals surface area contributed by atoms with Crippen molar-refractivity contribution in [2.75, 3.05) is 6.54 Å². The Morgan fingerprint density at radius 3 is 2.14 bits per heavy atom. The highest BCUT2D eigenvalue weighted by Crippen LogP contribution is 2.17. The molecule has 3 amide bonds. The van der Waals surface area contributed by atoms with Gasteiger partial charge < -0.3 is 5.32 Å². The van der Waals surface area contributed by atoms with Crippen LogP contribution in [0.2, 0.25) is 0 Å². The van der Waals surface area contributed by atoms with Crippen LogP contribution in [0.25, 0.3) is 0 Å². The van der Waals surface area contributed by atoms with Crippen LogP contribution in [0.5, 0.6) is 0 Å². The highest BCUT2D eigenvalue weighted by Gasteiger charge is 2.33. The van der Waals surface area contributed by atoms with Crippen molar-refractivity contribution in [1.29, 1.82) is 0 Å². The summed E-state index contributed by atoms with van der Waals surface area (Å²) < 4.78 is 0.